The minimum atomic E-state index is -0.463. The van der Waals surface area contributed by atoms with Gasteiger partial charge in [0.05, 0.1) is 18.1 Å². The molecule has 1 aromatic heterocycles. The van der Waals surface area contributed by atoms with Gasteiger partial charge in [-0.2, -0.15) is 5.10 Å². The molecule has 0 atom stereocenters. The number of nitrogens with one attached hydrogen (secondary N) is 2. The van der Waals surface area contributed by atoms with E-state index in [4.69, 9.17) is 4.74 Å². The zero-order valence-corrected chi connectivity index (χ0v) is 18.0. The highest BCUT2D eigenvalue weighted by Crippen LogP contribution is 2.20. The Kier molecular flexibility index (Phi) is 9.54. The van der Waals surface area contributed by atoms with Crippen molar-refractivity contribution in [3.8, 4) is 5.75 Å². The van der Waals surface area contributed by atoms with Crippen LogP contribution in [0.15, 0.2) is 35.6 Å². The van der Waals surface area contributed by atoms with Gasteiger partial charge in [-0.15, -0.1) is 24.0 Å². The number of halogens is 1. The van der Waals surface area contributed by atoms with Gasteiger partial charge in [0.15, 0.2) is 5.96 Å². The number of benzene rings is 1. The van der Waals surface area contributed by atoms with Crippen molar-refractivity contribution in [3.63, 3.8) is 0 Å². The number of aromatic nitrogens is 2. The highest BCUT2D eigenvalue weighted by atomic mass is 127. The van der Waals surface area contributed by atoms with E-state index in [1.807, 2.05) is 32.0 Å². The Morgan fingerprint density at radius 1 is 1.41 bits per heavy atom. The molecular formula is C17H25IN6O3. The molecule has 1 aromatic carbocycles. The van der Waals surface area contributed by atoms with Crippen LogP contribution in [0.1, 0.15) is 18.1 Å². The van der Waals surface area contributed by atoms with Crippen LogP contribution in [0.3, 0.4) is 0 Å². The fraction of sp³-hybridized carbons (Fsp3) is 0.412. The Morgan fingerprint density at radius 3 is 2.81 bits per heavy atom. The Morgan fingerprint density at radius 2 is 2.19 bits per heavy atom. The lowest BCUT2D eigenvalue weighted by atomic mass is 10.1. The van der Waals surface area contributed by atoms with Gasteiger partial charge < -0.3 is 15.4 Å². The van der Waals surface area contributed by atoms with Crippen molar-refractivity contribution in [2.24, 2.45) is 4.99 Å². The number of guanidine groups is 1. The van der Waals surface area contributed by atoms with Gasteiger partial charge in [0.25, 0.3) is 0 Å². The highest BCUT2D eigenvalue weighted by Gasteiger charge is 2.09. The van der Waals surface area contributed by atoms with E-state index in [1.165, 1.54) is 17.1 Å². The lowest BCUT2D eigenvalue weighted by Crippen LogP contribution is -2.38. The minimum Gasteiger partial charge on any atom is -0.494 e. The summed E-state index contributed by atoms with van der Waals surface area (Å²) in [6.45, 7) is 6.19. The van der Waals surface area contributed by atoms with Crippen LogP contribution in [0.2, 0.25) is 0 Å². The van der Waals surface area contributed by atoms with Crippen molar-refractivity contribution in [2.75, 3.05) is 20.2 Å². The molecular weight excluding hydrogens is 463 g/mol. The van der Waals surface area contributed by atoms with Gasteiger partial charge in [0.1, 0.15) is 18.1 Å². The normalized spacial score (nSPS) is 10.9. The molecule has 0 bridgehead atoms. The number of nitro groups is 1. The van der Waals surface area contributed by atoms with Crippen molar-refractivity contribution >= 4 is 35.6 Å². The highest BCUT2D eigenvalue weighted by molar-refractivity contribution is 14.0. The first-order chi connectivity index (χ1) is 12.5. The van der Waals surface area contributed by atoms with Crippen molar-refractivity contribution < 1.29 is 9.66 Å². The molecule has 0 aliphatic heterocycles. The van der Waals surface area contributed by atoms with Crippen molar-refractivity contribution in [2.45, 2.75) is 26.9 Å². The molecule has 0 saturated carbocycles. The van der Waals surface area contributed by atoms with Gasteiger partial charge in [-0.05, 0) is 25.5 Å². The average Bonchev–Trinajstić information content (AvgIpc) is 3.09. The maximum atomic E-state index is 10.7. The third-order valence-corrected chi connectivity index (χ3v) is 3.66. The largest absolute Gasteiger partial charge is 0.494 e. The van der Waals surface area contributed by atoms with Gasteiger partial charge in [-0.3, -0.25) is 19.8 Å². The molecule has 2 aromatic rings. The minimum absolute atomic E-state index is 0. The summed E-state index contributed by atoms with van der Waals surface area (Å²) in [6, 6.07) is 6.09. The molecule has 148 valence electrons. The third kappa shape index (κ3) is 7.04. The lowest BCUT2D eigenvalue weighted by Gasteiger charge is -2.15. The van der Waals surface area contributed by atoms with Crippen molar-refractivity contribution in [1.29, 1.82) is 0 Å². The van der Waals surface area contributed by atoms with E-state index < -0.39 is 4.92 Å². The number of ether oxygens (including phenoxy) is 1. The molecule has 0 aliphatic rings. The lowest BCUT2D eigenvalue weighted by molar-refractivity contribution is -0.385. The summed E-state index contributed by atoms with van der Waals surface area (Å²) in [7, 11) is 1.69. The Balaban J connectivity index is 0.00000364. The van der Waals surface area contributed by atoms with E-state index in [0.29, 0.717) is 32.2 Å². The maximum Gasteiger partial charge on any atom is 0.306 e. The molecule has 0 radical (unpaired) electrons. The molecule has 2 rings (SSSR count). The summed E-state index contributed by atoms with van der Waals surface area (Å²) in [5.74, 6) is 1.49. The number of hydrogen-bond donors (Lipinski definition) is 2. The average molecular weight is 488 g/mol. The molecule has 27 heavy (non-hydrogen) atoms. The van der Waals surface area contributed by atoms with Crippen LogP contribution in [-0.4, -0.2) is 40.9 Å². The number of aliphatic imine (C=N–C) groups is 1. The molecule has 0 unspecified atom stereocenters. The molecule has 9 nitrogen and oxygen atoms in total. The van der Waals surface area contributed by atoms with Gasteiger partial charge >= 0.3 is 5.69 Å². The molecule has 2 N–H and O–H groups in total. The maximum absolute atomic E-state index is 10.7. The Bertz CT molecular complexity index is 778. The summed E-state index contributed by atoms with van der Waals surface area (Å²) in [5.41, 5.74) is 2.17. The summed E-state index contributed by atoms with van der Waals surface area (Å²) < 4.78 is 7.20. The topological polar surface area (TPSA) is 107 Å². The zero-order valence-electron chi connectivity index (χ0n) is 15.6. The summed E-state index contributed by atoms with van der Waals surface area (Å²) in [5, 5.41) is 21.0. The smallest absolute Gasteiger partial charge is 0.306 e. The van der Waals surface area contributed by atoms with Crippen LogP contribution in [0.4, 0.5) is 5.69 Å². The monoisotopic (exact) mass is 488 g/mol. The first kappa shape index (κ1) is 22.7. The second-order valence-corrected chi connectivity index (χ2v) is 5.62. The van der Waals surface area contributed by atoms with E-state index in [2.05, 4.69) is 20.7 Å². The number of rotatable bonds is 8. The summed E-state index contributed by atoms with van der Waals surface area (Å²) in [4.78, 5) is 14.4. The van der Waals surface area contributed by atoms with E-state index in [0.717, 1.165) is 16.9 Å². The summed E-state index contributed by atoms with van der Waals surface area (Å²) in [6.07, 6.45) is 2.64. The molecule has 0 aliphatic carbocycles. The van der Waals surface area contributed by atoms with Crippen LogP contribution in [0.25, 0.3) is 0 Å². The molecule has 0 amide bonds. The fourth-order valence-electron chi connectivity index (χ4n) is 2.36. The Labute approximate surface area is 175 Å². The molecule has 0 fully saturated rings. The van der Waals surface area contributed by atoms with Crippen LogP contribution < -0.4 is 15.4 Å². The fourth-order valence-corrected chi connectivity index (χ4v) is 2.36. The van der Waals surface area contributed by atoms with Crippen molar-refractivity contribution in [3.05, 3.63) is 51.8 Å². The van der Waals surface area contributed by atoms with Crippen LogP contribution in [0, 0.1) is 17.0 Å². The zero-order chi connectivity index (χ0) is 18.9. The van der Waals surface area contributed by atoms with E-state index >= 15 is 0 Å². The van der Waals surface area contributed by atoms with E-state index in [9.17, 15) is 10.1 Å². The van der Waals surface area contributed by atoms with Gasteiger partial charge in [0.2, 0.25) is 0 Å². The standard InChI is InChI=1S/C17H24N6O3.HI/c1-4-26-16-9-13(2)5-6-14(16)10-20-17(18-3)19-7-8-22-12-15(11-21-22)23(24)25;/h5-6,9,11-12H,4,7-8,10H2,1-3H3,(H2,18,19,20);1H. The Hall–Kier alpha value is -2.37. The number of aryl methyl sites for hydroxylation is 1. The number of hydrogen-bond acceptors (Lipinski definition) is 5. The second kappa shape index (κ2) is 11.4. The first-order valence-electron chi connectivity index (χ1n) is 8.37. The van der Waals surface area contributed by atoms with Gasteiger partial charge in [-0.1, -0.05) is 12.1 Å². The van der Waals surface area contributed by atoms with Gasteiger partial charge in [-0.25, -0.2) is 0 Å². The van der Waals surface area contributed by atoms with Crippen LogP contribution in [0.5, 0.6) is 5.75 Å². The van der Waals surface area contributed by atoms with E-state index in [1.54, 1.807) is 7.05 Å². The SMILES string of the molecule is CCOc1cc(C)ccc1CNC(=NC)NCCn1cc([N+](=O)[O-])cn1.I. The first-order valence-corrected chi connectivity index (χ1v) is 8.37. The van der Waals surface area contributed by atoms with Crippen LogP contribution >= 0.6 is 24.0 Å². The summed E-state index contributed by atoms with van der Waals surface area (Å²) >= 11 is 0. The second-order valence-electron chi connectivity index (χ2n) is 5.62. The predicted octanol–water partition coefficient (Wildman–Crippen LogP) is 2.48. The quantitative estimate of drug-likeness (QED) is 0.195. The van der Waals surface area contributed by atoms with Gasteiger partial charge in [0, 0.05) is 25.7 Å². The third-order valence-electron chi connectivity index (χ3n) is 3.66. The van der Waals surface area contributed by atoms with Crippen LogP contribution in [-0.2, 0) is 13.1 Å². The van der Waals surface area contributed by atoms with E-state index in [-0.39, 0.29) is 29.7 Å². The number of nitrogens with zero attached hydrogens (tertiary/aromatic N) is 4. The molecule has 0 spiro atoms. The van der Waals surface area contributed by atoms with Crippen molar-refractivity contribution in [1.82, 2.24) is 20.4 Å². The molecule has 10 heteroatoms. The molecule has 1 heterocycles. The predicted molar refractivity (Wildman–Crippen MR) is 115 cm³/mol. The molecule has 0 saturated heterocycles.